The summed E-state index contributed by atoms with van der Waals surface area (Å²) in [6.45, 7) is 2.19. The molecule has 0 bridgehead atoms. The van der Waals surface area contributed by atoms with Crippen LogP contribution in [0.4, 0.5) is 0 Å². The Morgan fingerprint density at radius 2 is 1.81 bits per heavy atom. The second-order valence-corrected chi connectivity index (χ2v) is 5.52. The minimum absolute atomic E-state index is 0.198. The summed E-state index contributed by atoms with van der Waals surface area (Å²) in [6, 6.07) is 7.85. The van der Waals surface area contributed by atoms with Crippen molar-refractivity contribution in [2.45, 2.75) is 18.8 Å². The lowest BCUT2D eigenvalue weighted by atomic mass is 10.1. The number of sulfonamides is 1. The summed E-state index contributed by atoms with van der Waals surface area (Å²) in [6.07, 6.45) is 0. The minimum atomic E-state index is -4.16. The molecule has 6 heteroatoms. The predicted octanol–water partition coefficient (Wildman–Crippen LogP) is 0.318. The highest BCUT2D eigenvalue weighted by Crippen LogP contribution is 2.25. The summed E-state index contributed by atoms with van der Waals surface area (Å²) in [5.41, 5.74) is 0.198. The third-order valence-electron chi connectivity index (χ3n) is 2.11. The Kier molecular flexibility index (Phi) is 3.35. The molecular formula is C10H13NO4S. The fourth-order valence-electron chi connectivity index (χ4n) is 1.19. The summed E-state index contributed by atoms with van der Waals surface area (Å²) >= 11 is 0. The van der Waals surface area contributed by atoms with E-state index in [1.165, 1.54) is 12.1 Å². The van der Waals surface area contributed by atoms with Crippen molar-refractivity contribution in [1.82, 2.24) is 4.72 Å². The lowest BCUT2D eigenvalue weighted by molar-refractivity contribution is -0.117. The van der Waals surface area contributed by atoms with Crippen LogP contribution in [0.25, 0.3) is 0 Å². The number of hydrogen-bond acceptors (Lipinski definition) is 4. The minimum Gasteiger partial charge on any atom is -0.370 e. The van der Waals surface area contributed by atoms with Crippen LogP contribution >= 0.6 is 0 Å². The van der Waals surface area contributed by atoms with Gasteiger partial charge in [-0.3, -0.25) is 9.52 Å². The van der Waals surface area contributed by atoms with E-state index in [0.29, 0.717) is 0 Å². The SMILES string of the molecule is CC(=O)NS(=O)(=O)C(C)(O)c1ccccc1. The predicted molar refractivity (Wildman–Crippen MR) is 58.7 cm³/mol. The summed E-state index contributed by atoms with van der Waals surface area (Å²) in [5.74, 6) is -0.740. The van der Waals surface area contributed by atoms with Crippen LogP contribution in [-0.2, 0) is 19.8 Å². The van der Waals surface area contributed by atoms with Gasteiger partial charge >= 0.3 is 0 Å². The second kappa shape index (κ2) is 4.23. The molecular weight excluding hydrogens is 230 g/mol. The molecule has 1 aromatic rings. The Morgan fingerprint density at radius 1 is 1.31 bits per heavy atom. The van der Waals surface area contributed by atoms with Crippen molar-refractivity contribution in [3.8, 4) is 0 Å². The largest absolute Gasteiger partial charge is 0.370 e. The molecule has 0 radical (unpaired) electrons. The quantitative estimate of drug-likeness (QED) is 0.800. The summed E-state index contributed by atoms with van der Waals surface area (Å²) in [5, 5.41) is 9.96. The molecule has 5 nitrogen and oxygen atoms in total. The van der Waals surface area contributed by atoms with E-state index in [1.807, 2.05) is 0 Å². The molecule has 2 N–H and O–H groups in total. The van der Waals surface area contributed by atoms with Gasteiger partial charge < -0.3 is 5.11 Å². The second-order valence-electron chi connectivity index (χ2n) is 3.51. The number of benzene rings is 1. The monoisotopic (exact) mass is 243 g/mol. The first-order valence-corrected chi connectivity index (χ1v) is 6.06. The molecule has 1 rings (SSSR count). The van der Waals surface area contributed by atoms with Gasteiger partial charge in [0.2, 0.25) is 10.8 Å². The molecule has 0 aliphatic heterocycles. The van der Waals surface area contributed by atoms with Crippen LogP contribution in [-0.4, -0.2) is 19.4 Å². The van der Waals surface area contributed by atoms with Gasteiger partial charge in [-0.25, -0.2) is 8.42 Å². The molecule has 0 saturated heterocycles. The molecule has 0 aromatic heterocycles. The van der Waals surface area contributed by atoms with E-state index in [4.69, 9.17) is 0 Å². The van der Waals surface area contributed by atoms with E-state index >= 15 is 0 Å². The Bertz CT molecular complexity index is 479. The number of carbonyl (C=O) groups excluding carboxylic acids is 1. The fraction of sp³-hybridized carbons (Fsp3) is 0.300. The molecule has 16 heavy (non-hydrogen) atoms. The Balaban J connectivity index is 3.17. The zero-order valence-electron chi connectivity index (χ0n) is 8.97. The van der Waals surface area contributed by atoms with Crippen molar-refractivity contribution in [1.29, 1.82) is 0 Å². The maximum absolute atomic E-state index is 11.7. The molecule has 1 unspecified atom stereocenters. The number of amides is 1. The maximum atomic E-state index is 11.7. The first-order chi connectivity index (χ1) is 7.27. The van der Waals surface area contributed by atoms with Crippen LogP contribution in [0.15, 0.2) is 30.3 Å². The van der Waals surface area contributed by atoms with Gasteiger partial charge in [-0.2, -0.15) is 0 Å². The lowest BCUT2D eigenvalue weighted by Crippen LogP contribution is -2.43. The van der Waals surface area contributed by atoms with Crippen molar-refractivity contribution < 1.29 is 18.3 Å². The average Bonchev–Trinajstić information content (AvgIpc) is 2.17. The standard InChI is InChI=1S/C10H13NO4S/c1-8(12)11-16(14,15)10(2,13)9-6-4-3-5-7-9/h3-7,13H,1-2H3,(H,11,12). The highest BCUT2D eigenvalue weighted by Gasteiger charge is 2.39. The molecule has 1 atom stereocenters. The van der Waals surface area contributed by atoms with Crippen LogP contribution < -0.4 is 4.72 Å². The molecule has 0 aliphatic rings. The smallest absolute Gasteiger partial charge is 0.268 e. The van der Waals surface area contributed by atoms with Gasteiger partial charge in [0.25, 0.3) is 10.0 Å². The van der Waals surface area contributed by atoms with E-state index in [2.05, 4.69) is 0 Å². The molecule has 0 saturated carbocycles. The number of aliphatic hydroxyl groups is 1. The van der Waals surface area contributed by atoms with Gasteiger partial charge in [-0.1, -0.05) is 30.3 Å². The highest BCUT2D eigenvalue weighted by molar-refractivity contribution is 7.90. The molecule has 1 amide bonds. The first-order valence-electron chi connectivity index (χ1n) is 4.58. The van der Waals surface area contributed by atoms with E-state index in [9.17, 15) is 18.3 Å². The van der Waals surface area contributed by atoms with Gasteiger partial charge in [0.1, 0.15) is 0 Å². The van der Waals surface area contributed by atoms with Crippen molar-refractivity contribution in [3.05, 3.63) is 35.9 Å². The lowest BCUT2D eigenvalue weighted by Gasteiger charge is -2.23. The van der Waals surface area contributed by atoms with Gasteiger partial charge in [-0.05, 0) is 6.92 Å². The third kappa shape index (κ3) is 2.40. The van der Waals surface area contributed by atoms with Crippen LogP contribution in [0.1, 0.15) is 19.4 Å². The van der Waals surface area contributed by atoms with Crippen molar-refractivity contribution in [3.63, 3.8) is 0 Å². The summed E-state index contributed by atoms with van der Waals surface area (Å²) in [4.78, 5) is 8.60. The number of hydrogen-bond donors (Lipinski definition) is 2. The zero-order chi connectivity index (χ0) is 12.4. The molecule has 0 aliphatic carbocycles. The van der Waals surface area contributed by atoms with E-state index in [0.717, 1.165) is 13.8 Å². The first kappa shape index (κ1) is 12.7. The molecule has 1 aromatic carbocycles. The Labute approximate surface area is 94.2 Å². The Hall–Kier alpha value is -1.40. The van der Waals surface area contributed by atoms with Gasteiger partial charge in [0, 0.05) is 12.5 Å². The fourth-order valence-corrected chi connectivity index (χ4v) is 2.21. The Morgan fingerprint density at radius 3 is 2.25 bits per heavy atom. The average molecular weight is 243 g/mol. The van der Waals surface area contributed by atoms with Crippen LogP contribution in [0, 0.1) is 0 Å². The van der Waals surface area contributed by atoms with E-state index in [-0.39, 0.29) is 5.56 Å². The highest BCUT2D eigenvalue weighted by atomic mass is 32.2. The molecule has 88 valence electrons. The maximum Gasteiger partial charge on any atom is 0.268 e. The van der Waals surface area contributed by atoms with Gasteiger partial charge in [-0.15, -0.1) is 0 Å². The molecule has 0 fully saturated rings. The topological polar surface area (TPSA) is 83.5 Å². The van der Waals surface area contributed by atoms with Crippen LogP contribution in [0.5, 0.6) is 0 Å². The van der Waals surface area contributed by atoms with E-state index in [1.54, 1.807) is 22.9 Å². The number of nitrogens with one attached hydrogen (secondary N) is 1. The molecule has 0 heterocycles. The zero-order valence-corrected chi connectivity index (χ0v) is 9.78. The number of carbonyl (C=O) groups is 1. The van der Waals surface area contributed by atoms with Crippen molar-refractivity contribution >= 4 is 15.9 Å². The van der Waals surface area contributed by atoms with E-state index < -0.39 is 20.9 Å². The van der Waals surface area contributed by atoms with Crippen molar-refractivity contribution in [2.24, 2.45) is 0 Å². The van der Waals surface area contributed by atoms with Crippen LogP contribution in [0.2, 0.25) is 0 Å². The normalized spacial score (nSPS) is 15.2. The van der Waals surface area contributed by atoms with Gasteiger partial charge in [0.05, 0.1) is 0 Å². The summed E-state index contributed by atoms with van der Waals surface area (Å²) in [7, 11) is -4.16. The summed E-state index contributed by atoms with van der Waals surface area (Å²) < 4.78 is 25.1. The molecule has 0 spiro atoms. The third-order valence-corrected chi connectivity index (χ3v) is 3.95. The number of rotatable bonds is 3. The van der Waals surface area contributed by atoms with Crippen LogP contribution in [0.3, 0.4) is 0 Å². The van der Waals surface area contributed by atoms with Gasteiger partial charge in [0.15, 0.2) is 0 Å². The van der Waals surface area contributed by atoms with Crippen molar-refractivity contribution in [2.75, 3.05) is 0 Å².